The number of amides is 2. The van der Waals surface area contributed by atoms with E-state index in [1.165, 1.54) is 0 Å². The maximum absolute atomic E-state index is 11.4. The van der Waals surface area contributed by atoms with Crippen LogP contribution in [0.2, 0.25) is 0 Å². The summed E-state index contributed by atoms with van der Waals surface area (Å²) in [6.07, 6.45) is 0. The van der Waals surface area contributed by atoms with Gasteiger partial charge < -0.3 is 11.1 Å². The van der Waals surface area contributed by atoms with Gasteiger partial charge in [-0.15, -0.1) is 0 Å². The number of benzene rings is 1. The molecule has 0 radical (unpaired) electrons. The highest BCUT2D eigenvalue weighted by molar-refractivity contribution is 5.97. The van der Waals surface area contributed by atoms with Crippen molar-refractivity contribution < 1.29 is 4.79 Å². The van der Waals surface area contributed by atoms with Crippen molar-refractivity contribution in [3.63, 3.8) is 0 Å². The first-order chi connectivity index (χ1) is 6.68. The molecule has 74 valence electrons. The molecule has 4 heteroatoms. The number of nitrogens with one attached hydrogen (secondary N) is 1. The van der Waals surface area contributed by atoms with Crippen LogP contribution in [0.5, 0.6) is 0 Å². The molecule has 1 aliphatic heterocycles. The van der Waals surface area contributed by atoms with Gasteiger partial charge in [-0.25, -0.2) is 4.79 Å². The summed E-state index contributed by atoms with van der Waals surface area (Å²) in [6.45, 7) is 3.35. The smallest absolute Gasteiger partial charge is 0.322 e. The van der Waals surface area contributed by atoms with E-state index in [0.717, 1.165) is 11.3 Å². The molecule has 1 aromatic carbocycles. The fourth-order valence-corrected chi connectivity index (χ4v) is 1.62. The molecule has 0 aromatic heterocycles. The molecule has 0 aliphatic carbocycles. The molecule has 1 aromatic rings. The van der Waals surface area contributed by atoms with Crippen LogP contribution in [0.3, 0.4) is 0 Å². The monoisotopic (exact) mass is 191 g/mol. The molecule has 2 amide bonds. The second-order valence-electron chi connectivity index (χ2n) is 3.45. The van der Waals surface area contributed by atoms with Crippen LogP contribution in [-0.2, 0) is 0 Å². The molecule has 1 saturated heterocycles. The Hall–Kier alpha value is -1.71. The standard InChI is InChI=1S/C10H13N3O/c1-7-2-3-9(8(11)6-7)13-5-4-12-10(13)14/h2-3,6H,4-5,11H2,1H3,(H,12,14). The zero-order chi connectivity index (χ0) is 10.1. The molecule has 0 unspecified atom stereocenters. The number of hydrogen-bond donors (Lipinski definition) is 2. The van der Waals surface area contributed by atoms with E-state index in [9.17, 15) is 4.79 Å². The normalized spacial score (nSPS) is 15.8. The first kappa shape index (κ1) is 8.87. The Morgan fingerprint density at radius 2 is 2.29 bits per heavy atom. The van der Waals surface area contributed by atoms with E-state index in [4.69, 9.17) is 5.73 Å². The van der Waals surface area contributed by atoms with Crippen LogP contribution in [0.1, 0.15) is 5.56 Å². The average molecular weight is 191 g/mol. The SMILES string of the molecule is Cc1ccc(N2CCNC2=O)c(N)c1. The Morgan fingerprint density at radius 3 is 2.86 bits per heavy atom. The molecule has 14 heavy (non-hydrogen) atoms. The minimum absolute atomic E-state index is 0.0689. The molecule has 1 heterocycles. The lowest BCUT2D eigenvalue weighted by Gasteiger charge is -2.16. The summed E-state index contributed by atoms with van der Waals surface area (Å²) in [4.78, 5) is 13.0. The fraction of sp³-hybridized carbons (Fsp3) is 0.300. The van der Waals surface area contributed by atoms with E-state index in [2.05, 4.69) is 5.32 Å². The predicted octanol–water partition coefficient (Wildman–Crippen LogP) is 1.11. The summed E-state index contributed by atoms with van der Waals surface area (Å²) >= 11 is 0. The third-order valence-corrected chi connectivity index (χ3v) is 2.33. The van der Waals surface area contributed by atoms with Crippen molar-refractivity contribution >= 4 is 17.4 Å². The Morgan fingerprint density at radius 1 is 1.50 bits per heavy atom. The van der Waals surface area contributed by atoms with Crippen molar-refractivity contribution in [3.05, 3.63) is 23.8 Å². The molecule has 3 N–H and O–H groups in total. The molecule has 0 bridgehead atoms. The number of anilines is 2. The zero-order valence-electron chi connectivity index (χ0n) is 8.08. The lowest BCUT2D eigenvalue weighted by Crippen LogP contribution is -2.28. The maximum atomic E-state index is 11.4. The van der Waals surface area contributed by atoms with Gasteiger partial charge in [-0.05, 0) is 24.6 Å². The number of urea groups is 1. The minimum Gasteiger partial charge on any atom is -0.397 e. The molecule has 0 saturated carbocycles. The van der Waals surface area contributed by atoms with Crippen molar-refractivity contribution in [1.29, 1.82) is 0 Å². The van der Waals surface area contributed by atoms with Gasteiger partial charge in [0.05, 0.1) is 11.4 Å². The van der Waals surface area contributed by atoms with Crippen molar-refractivity contribution in [2.75, 3.05) is 23.7 Å². The maximum Gasteiger partial charge on any atom is 0.322 e. The van der Waals surface area contributed by atoms with Gasteiger partial charge in [0.25, 0.3) is 0 Å². The third kappa shape index (κ3) is 1.39. The Balaban J connectivity index is 2.36. The number of hydrogen-bond acceptors (Lipinski definition) is 2. The van der Waals surface area contributed by atoms with Crippen LogP contribution in [0.15, 0.2) is 18.2 Å². The van der Waals surface area contributed by atoms with Crippen LogP contribution < -0.4 is 16.0 Å². The third-order valence-electron chi connectivity index (χ3n) is 2.33. The number of carbonyl (C=O) groups is 1. The second-order valence-corrected chi connectivity index (χ2v) is 3.45. The molecule has 4 nitrogen and oxygen atoms in total. The Bertz CT molecular complexity index is 376. The van der Waals surface area contributed by atoms with Gasteiger partial charge in [-0.2, -0.15) is 0 Å². The van der Waals surface area contributed by atoms with Crippen LogP contribution in [-0.4, -0.2) is 19.1 Å². The number of nitrogen functional groups attached to an aromatic ring is 1. The van der Waals surface area contributed by atoms with Crippen LogP contribution in [0.4, 0.5) is 16.2 Å². The van der Waals surface area contributed by atoms with Gasteiger partial charge in [-0.3, -0.25) is 4.90 Å². The van der Waals surface area contributed by atoms with Crippen molar-refractivity contribution in [1.82, 2.24) is 5.32 Å². The summed E-state index contributed by atoms with van der Waals surface area (Å²) in [5.74, 6) is 0. The van der Waals surface area contributed by atoms with E-state index in [1.807, 2.05) is 25.1 Å². The molecule has 1 aliphatic rings. The predicted molar refractivity (Wildman–Crippen MR) is 56.3 cm³/mol. The van der Waals surface area contributed by atoms with Crippen molar-refractivity contribution in [2.45, 2.75) is 6.92 Å². The quantitative estimate of drug-likeness (QED) is 0.653. The zero-order valence-corrected chi connectivity index (χ0v) is 8.08. The van der Waals surface area contributed by atoms with Crippen molar-refractivity contribution in [2.24, 2.45) is 0 Å². The highest BCUT2D eigenvalue weighted by Gasteiger charge is 2.22. The van der Waals surface area contributed by atoms with Crippen LogP contribution in [0.25, 0.3) is 0 Å². The number of rotatable bonds is 1. The fourth-order valence-electron chi connectivity index (χ4n) is 1.62. The minimum atomic E-state index is -0.0689. The first-order valence-corrected chi connectivity index (χ1v) is 4.60. The summed E-state index contributed by atoms with van der Waals surface area (Å²) in [7, 11) is 0. The van der Waals surface area contributed by atoms with Gasteiger partial charge >= 0.3 is 6.03 Å². The van der Waals surface area contributed by atoms with E-state index in [0.29, 0.717) is 18.8 Å². The molecular formula is C10H13N3O. The molecule has 0 atom stereocenters. The van der Waals surface area contributed by atoms with E-state index in [1.54, 1.807) is 4.90 Å². The van der Waals surface area contributed by atoms with Gasteiger partial charge in [0.15, 0.2) is 0 Å². The lowest BCUT2D eigenvalue weighted by molar-refractivity contribution is 0.252. The van der Waals surface area contributed by atoms with Crippen LogP contribution >= 0.6 is 0 Å². The summed E-state index contributed by atoms with van der Waals surface area (Å²) < 4.78 is 0. The van der Waals surface area contributed by atoms with E-state index in [-0.39, 0.29) is 6.03 Å². The number of nitrogens with zero attached hydrogens (tertiary/aromatic N) is 1. The average Bonchev–Trinajstić information content (AvgIpc) is 2.52. The highest BCUT2D eigenvalue weighted by Crippen LogP contribution is 2.25. The topological polar surface area (TPSA) is 58.4 Å². The number of aryl methyl sites for hydroxylation is 1. The molecule has 1 fully saturated rings. The van der Waals surface area contributed by atoms with Crippen LogP contribution in [0, 0.1) is 6.92 Å². The number of nitrogens with two attached hydrogens (primary N) is 1. The summed E-state index contributed by atoms with van der Waals surface area (Å²) in [5.41, 5.74) is 8.40. The molecular weight excluding hydrogens is 178 g/mol. The van der Waals surface area contributed by atoms with Gasteiger partial charge in [0.2, 0.25) is 0 Å². The Kier molecular flexibility index (Phi) is 2.04. The van der Waals surface area contributed by atoms with E-state index >= 15 is 0 Å². The molecule has 0 spiro atoms. The summed E-state index contributed by atoms with van der Waals surface area (Å²) in [5, 5.41) is 2.74. The van der Waals surface area contributed by atoms with Gasteiger partial charge in [0, 0.05) is 13.1 Å². The second kappa shape index (κ2) is 3.21. The number of carbonyl (C=O) groups excluding carboxylic acids is 1. The van der Waals surface area contributed by atoms with E-state index < -0.39 is 0 Å². The largest absolute Gasteiger partial charge is 0.397 e. The highest BCUT2D eigenvalue weighted by atomic mass is 16.2. The lowest BCUT2D eigenvalue weighted by atomic mass is 10.2. The van der Waals surface area contributed by atoms with Gasteiger partial charge in [0.1, 0.15) is 0 Å². The molecule has 2 rings (SSSR count). The first-order valence-electron chi connectivity index (χ1n) is 4.60. The summed E-state index contributed by atoms with van der Waals surface area (Å²) in [6, 6.07) is 5.65. The van der Waals surface area contributed by atoms with Gasteiger partial charge in [-0.1, -0.05) is 6.07 Å². The Labute approximate surface area is 82.7 Å². The van der Waals surface area contributed by atoms with Crippen molar-refractivity contribution in [3.8, 4) is 0 Å².